The fourth-order valence-corrected chi connectivity index (χ4v) is 3.33. The van der Waals surface area contributed by atoms with E-state index in [0.29, 0.717) is 17.3 Å². The molecular formula is C20H21N3O3S. The summed E-state index contributed by atoms with van der Waals surface area (Å²) in [5.41, 5.74) is 0.734. The molecule has 0 amide bonds. The van der Waals surface area contributed by atoms with Gasteiger partial charge in [0.15, 0.2) is 0 Å². The number of benzene rings is 2. The van der Waals surface area contributed by atoms with Crippen LogP contribution in [-0.2, 0) is 11.2 Å². The SMILES string of the molecule is CCc1nc(S/C(=C\c2c(OC(C)C)ccc3ccccc23)C(=O)O)n[nH]1. The predicted octanol–water partition coefficient (Wildman–Crippen LogP) is 4.53. The van der Waals surface area contributed by atoms with Crippen molar-refractivity contribution in [1.29, 1.82) is 0 Å². The first-order valence-corrected chi connectivity index (χ1v) is 9.52. The first-order chi connectivity index (χ1) is 13.0. The minimum atomic E-state index is -1.04. The minimum absolute atomic E-state index is 0.0284. The number of hydrogen-bond acceptors (Lipinski definition) is 5. The number of thioether (sulfide) groups is 1. The van der Waals surface area contributed by atoms with E-state index in [-0.39, 0.29) is 11.0 Å². The van der Waals surface area contributed by atoms with Gasteiger partial charge in [-0.05, 0) is 48.5 Å². The lowest BCUT2D eigenvalue weighted by atomic mass is 10.0. The van der Waals surface area contributed by atoms with E-state index in [1.54, 1.807) is 6.08 Å². The molecule has 140 valence electrons. The lowest BCUT2D eigenvalue weighted by Gasteiger charge is -2.15. The highest BCUT2D eigenvalue weighted by Crippen LogP contribution is 2.34. The van der Waals surface area contributed by atoms with Crippen LogP contribution in [0.25, 0.3) is 16.8 Å². The van der Waals surface area contributed by atoms with Gasteiger partial charge in [-0.3, -0.25) is 5.10 Å². The van der Waals surface area contributed by atoms with E-state index in [0.717, 1.165) is 33.9 Å². The second kappa shape index (κ2) is 8.26. The molecule has 3 rings (SSSR count). The molecule has 6 nitrogen and oxygen atoms in total. The Kier molecular flexibility index (Phi) is 5.81. The Bertz CT molecular complexity index is 995. The van der Waals surface area contributed by atoms with Gasteiger partial charge in [-0.1, -0.05) is 37.3 Å². The smallest absolute Gasteiger partial charge is 0.342 e. The normalized spacial score (nSPS) is 11.9. The number of aryl methyl sites for hydroxylation is 1. The summed E-state index contributed by atoms with van der Waals surface area (Å²) in [4.78, 5) is 16.3. The Morgan fingerprint density at radius 1 is 1.30 bits per heavy atom. The van der Waals surface area contributed by atoms with Crippen molar-refractivity contribution >= 4 is 34.6 Å². The highest BCUT2D eigenvalue weighted by Gasteiger charge is 2.16. The standard InChI is InChI=1S/C20H21N3O3S/c1-4-18-21-20(23-22-18)27-17(19(24)25)11-15-14-8-6-5-7-13(14)9-10-16(15)26-12(2)3/h5-12H,4H2,1-3H3,(H,24,25)(H,21,22,23)/b17-11-. The summed E-state index contributed by atoms with van der Waals surface area (Å²) < 4.78 is 5.92. The van der Waals surface area contributed by atoms with Crippen molar-refractivity contribution in [2.24, 2.45) is 0 Å². The Labute approximate surface area is 161 Å². The number of aliphatic carboxylic acids is 1. The molecule has 2 aromatic carbocycles. The van der Waals surface area contributed by atoms with E-state index in [4.69, 9.17) is 4.74 Å². The molecule has 0 aliphatic heterocycles. The Hall–Kier alpha value is -2.80. The summed E-state index contributed by atoms with van der Waals surface area (Å²) >= 11 is 1.02. The maximum absolute atomic E-state index is 11.9. The molecular weight excluding hydrogens is 362 g/mol. The molecule has 1 heterocycles. The molecule has 0 bridgehead atoms. The zero-order valence-corrected chi connectivity index (χ0v) is 16.2. The summed E-state index contributed by atoms with van der Waals surface area (Å²) in [5, 5.41) is 18.9. The summed E-state index contributed by atoms with van der Waals surface area (Å²) in [7, 11) is 0. The molecule has 0 fully saturated rings. The van der Waals surface area contributed by atoms with E-state index in [9.17, 15) is 9.90 Å². The summed E-state index contributed by atoms with van der Waals surface area (Å²) in [6, 6.07) is 11.7. The van der Waals surface area contributed by atoms with Gasteiger partial charge in [-0.15, -0.1) is 5.10 Å². The Balaban J connectivity index is 2.10. The van der Waals surface area contributed by atoms with Crippen LogP contribution in [-0.4, -0.2) is 32.4 Å². The molecule has 3 aromatic rings. The van der Waals surface area contributed by atoms with Crippen molar-refractivity contribution in [3.05, 3.63) is 52.7 Å². The zero-order valence-electron chi connectivity index (χ0n) is 15.4. The quantitative estimate of drug-likeness (QED) is 0.460. The van der Waals surface area contributed by atoms with Crippen LogP contribution in [0.3, 0.4) is 0 Å². The van der Waals surface area contributed by atoms with Crippen molar-refractivity contribution < 1.29 is 14.6 Å². The molecule has 0 saturated heterocycles. The molecule has 0 spiro atoms. The van der Waals surface area contributed by atoms with Crippen LogP contribution in [0.1, 0.15) is 32.2 Å². The minimum Gasteiger partial charge on any atom is -0.490 e. The average Bonchev–Trinajstić information content (AvgIpc) is 3.10. The number of H-pyrrole nitrogens is 1. The van der Waals surface area contributed by atoms with Crippen molar-refractivity contribution in [2.75, 3.05) is 0 Å². The average molecular weight is 383 g/mol. The topological polar surface area (TPSA) is 88.1 Å². The van der Waals surface area contributed by atoms with Crippen LogP contribution in [0, 0.1) is 0 Å². The van der Waals surface area contributed by atoms with Gasteiger partial charge in [-0.25, -0.2) is 9.78 Å². The number of aromatic nitrogens is 3. The predicted molar refractivity (Wildman–Crippen MR) is 107 cm³/mol. The molecule has 0 unspecified atom stereocenters. The number of fused-ring (bicyclic) bond motifs is 1. The van der Waals surface area contributed by atoms with Gasteiger partial charge in [0.2, 0.25) is 5.16 Å². The van der Waals surface area contributed by atoms with Crippen LogP contribution in [0.5, 0.6) is 5.75 Å². The van der Waals surface area contributed by atoms with Gasteiger partial charge in [0.05, 0.1) is 6.10 Å². The maximum atomic E-state index is 11.9. The second-order valence-electron chi connectivity index (χ2n) is 6.20. The van der Waals surface area contributed by atoms with Gasteiger partial charge >= 0.3 is 5.97 Å². The molecule has 0 atom stereocenters. The van der Waals surface area contributed by atoms with Gasteiger partial charge < -0.3 is 9.84 Å². The van der Waals surface area contributed by atoms with Crippen LogP contribution in [0.2, 0.25) is 0 Å². The fourth-order valence-electron chi connectivity index (χ4n) is 2.63. The lowest BCUT2D eigenvalue weighted by molar-refractivity contribution is -0.131. The Morgan fingerprint density at radius 3 is 2.74 bits per heavy atom. The van der Waals surface area contributed by atoms with Gasteiger partial charge in [-0.2, -0.15) is 0 Å². The summed E-state index contributed by atoms with van der Waals surface area (Å²) in [5.74, 6) is 0.329. The molecule has 2 N–H and O–H groups in total. The van der Waals surface area contributed by atoms with E-state index in [2.05, 4.69) is 15.2 Å². The molecule has 0 radical (unpaired) electrons. The third-order valence-corrected chi connectivity index (χ3v) is 4.70. The largest absolute Gasteiger partial charge is 0.490 e. The lowest BCUT2D eigenvalue weighted by Crippen LogP contribution is -2.07. The van der Waals surface area contributed by atoms with Crippen LogP contribution >= 0.6 is 11.8 Å². The summed E-state index contributed by atoms with van der Waals surface area (Å²) in [6.07, 6.45) is 2.31. The number of nitrogens with one attached hydrogen (secondary N) is 1. The van der Waals surface area contributed by atoms with Gasteiger partial charge in [0, 0.05) is 12.0 Å². The number of rotatable bonds is 7. The van der Waals surface area contributed by atoms with Crippen LogP contribution in [0.4, 0.5) is 0 Å². The number of hydrogen-bond donors (Lipinski definition) is 2. The third-order valence-electron chi connectivity index (χ3n) is 3.83. The Morgan fingerprint density at radius 2 is 2.07 bits per heavy atom. The first-order valence-electron chi connectivity index (χ1n) is 8.70. The number of carboxylic acids is 1. The summed E-state index contributed by atoms with van der Waals surface area (Å²) in [6.45, 7) is 5.83. The molecule has 1 aromatic heterocycles. The fraction of sp³-hybridized carbons (Fsp3) is 0.250. The van der Waals surface area contributed by atoms with Gasteiger partial charge in [0.25, 0.3) is 0 Å². The van der Waals surface area contributed by atoms with Crippen LogP contribution < -0.4 is 4.74 Å². The number of carboxylic acid groups (broad SMARTS) is 1. The number of nitrogens with zero attached hydrogens (tertiary/aromatic N) is 2. The van der Waals surface area contributed by atoms with E-state index in [1.807, 2.05) is 57.2 Å². The van der Waals surface area contributed by atoms with E-state index >= 15 is 0 Å². The van der Waals surface area contributed by atoms with E-state index < -0.39 is 5.97 Å². The highest BCUT2D eigenvalue weighted by molar-refractivity contribution is 8.04. The zero-order chi connectivity index (χ0) is 19.4. The molecule has 0 aliphatic carbocycles. The number of ether oxygens (including phenoxy) is 1. The van der Waals surface area contributed by atoms with Crippen molar-refractivity contribution in [1.82, 2.24) is 15.2 Å². The second-order valence-corrected chi connectivity index (χ2v) is 7.21. The number of aromatic amines is 1. The molecule has 7 heteroatoms. The van der Waals surface area contributed by atoms with Gasteiger partial charge in [0.1, 0.15) is 16.5 Å². The monoisotopic (exact) mass is 383 g/mol. The maximum Gasteiger partial charge on any atom is 0.342 e. The first kappa shape index (κ1) is 19.0. The third kappa shape index (κ3) is 4.49. The molecule has 0 aliphatic rings. The van der Waals surface area contributed by atoms with Crippen molar-refractivity contribution in [3.8, 4) is 5.75 Å². The molecule has 0 saturated carbocycles. The van der Waals surface area contributed by atoms with Crippen molar-refractivity contribution in [3.63, 3.8) is 0 Å². The van der Waals surface area contributed by atoms with E-state index in [1.165, 1.54) is 0 Å². The number of carbonyl (C=O) groups is 1. The van der Waals surface area contributed by atoms with Crippen molar-refractivity contribution in [2.45, 2.75) is 38.5 Å². The highest BCUT2D eigenvalue weighted by atomic mass is 32.2. The molecule has 27 heavy (non-hydrogen) atoms. The van der Waals surface area contributed by atoms with Crippen LogP contribution in [0.15, 0.2) is 46.5 Å².